The molecular weight excluding hydrogens is 396 g/mol. The maximum absolute atomic E-state index is 13.4. The van der Waals surface area contributed by atoms with Crippen LogP contribution in [0.25, 0.3) is 22.2 Å². The van der Waals surface area contributed by atoms with Gasteiger partial charge in [0, 0.05) is 44.3 Å². The molecule has 2 heterocycles. The first-order chi connectivity index (χ1) is 14.7. The number of hydrogen-bond donors (Lipinski definition) is 0. The Morgan fingerprint density at radius 3 is 2.50 bits per heavy atom. The summed E-state index contributed by atoms with van der Waals surface area (Å²) in [4.78, 5) is 22.6. The van der Waals surface area contributed by atoms with Gasteiger partial charge < -0.3 is 9.47 Å². The van der Waals surface area contributed by atoms with Crippen molar-refractivity contribution >= 4 is 28.3 Å². The third-order valence-electron chi connectivity index (χ3n) is 6.67. The minimum absolute atomic E-state index is 0.00547. The van der Waals surface area contributed by atoms with E-state index in [1.165, 1.54) is 19.3 Å². The van der Waals surface area contributed by atoms with Crippen molar-refractivity contribution in [2.75, 3.05) is 26.2 Å². The van der Waals surface area contributed by atoms with E-state index in [0.29, 0.717) is 17.4 Å². The van der Waals surface area contributed by atoms with E-state index >= 15 is 0 Å². The Morgan fingerprint density at radius 2 is 1.80 bits per heavy atom. The average molecular weight is 423 g/mol. The maximum atomic E-state index is 13.4. The normalized spacial score (nSPS) is 18.0. The first kappa shape index (κ1) is 19.6. The molecule has 0 spiro atoms. The summed E-state index contributed by atoms with van der Waals surface area (Å²) < 4.78 is 1.98. The Bertz CT molecular complexity index is 1070. The number of carbonyl (C=O) groups excluding carboxylic acids is 1. The predicted octanol–water partition coefficient (Wildman–Crippen LogP) is 4.69. The Hall–Kier alpha value is -2.37. The molecule has 1 aliphatic heterocycles. The highest BCUT2D eigenvalue weighted by atomic mass is 35.5. The van der Waals surface area contributed by atoms with Gasteiger partial charge in [-0.05, 0) is 30.5 Å². The highest BCUT2D eigenvalue weighted by Crippen LogP contribution is 2.32. The summed E-state index contributed by atoms with van der Waals surface area (Å²) in [5.74, 6) is 0.754. The second kappa shape index (κ2) is 8.05. The van der Waals surface area contributed by atoms with E-state index in [1.54, 1.807) is 0 Å². The Balaban J connectivity index is 1.46. The summed E-state index contributed by atoms with van der Waals surface area (Å²) in [7, 11) is 0. The average Bonchev–Trinajstić information content (AvgIpc) is 3.08. The van der Waals surface area contributed by atoms with E-state index in [-0.39, 0.29) is 5.91 Å². The molecular formula is C24H27ClN4O. The second-order valence-corrected chi connectivity index (χ2v) is 8.62. The van der Waals surface area contributed by atoms with Crippen LogP contribution in [0.4, 0.5) is 0 Å². The van der Waals surface area contributed by atoms with Crippen LogP contribution in [0.15, 0.2) is 42.5 Å². The molecule has 0 atom stereocenters. The molecule has 2 aromatic carbocycles. The van der Waals surface area contributed by atoms with Crippen molar-refractivity contribution in [1.82, 2.24) is 19.4 Å². The van der Waals surface area contributed by atoms with Crippen molar-refractivity contribution in [3.8, 4) is 11.4 Å². The number of fused-ring (bicyclic) bond motifs is 1. The number of nitrogens with zero attached hydrogens (tertiary/aromatic N) is 4. The first-order valence-electron chi connectivity index (χ1n) is 10.9. The van der Waals surface area contributed by atoms with E-state index in [0.717, 1.165) is 54.4 Å². The molecule has 0 radical (unpaired) electrons. The molecule has 5 rings (SSSR count). The van der Waals surface area contributed by atoms with Gasteiger partial charge >= 0.3 is 0 Å². The van der Waals surface area contributed by atoms with Crippen LogP contribution in [0.2, 0.25) is 5.15 Å². The molecule has 2 aliphatic rings. The monoisotopic (exact) mass is 422 g/mol. The third-order valence-corrected chi connectivity index (χ3v) is 6.93. The molecule has 156 valence electrons. The van der Waals surface area contributed by atoms with Gasteiger partial charge in [-0.15, -0.1) is 0 Å². The van der Waals surface area contributed by atoms with Crippen LogP contribution in [0.5, 0.6) is 0 Å². The van der Waals surface area contributed by atoms with Gasteiger partial charge in [0.2, 0.25) is 0 Å². The third kappa shape index (κ3) is 3.30. The molecule has 2 fully saturated rings. The van der Waals surface area contributed by atoms with E-state index in [1.807, 2.05) is 34.6 Å². The molecule has 1 aromatic heterocycles. The SMILES string of the molecule is CCn1c(-c2cccc3ccccc23)nc(Cl)c1C(=O)N1CCN(C2CCC2)CC1. The molecule has 3 aromatic rings. The lowest BCUT2D eigenvalue weighted by Gasteiger charge is -2.42. The molecule has 6 heteroatoms. The lowest BCUT2D eigenvalue weighted by molar-refractivity contribution is 0.0448. The van der Waals surface area contributed by atoms with Gasteiger partial charge in [0.15, 0.2) is 5.15 Å². The van der Waals surface area contributed by atoms with Crippen molar-refractivity contribution < 1.29 is 4.79 Å². The second-order valence-electron chi connectivity index (χ2n) is 8.26. The summed E-state index contributed by atoms with van der Waals surface area (Å²) in [5, 5.41) is 2.56. The molecule has 1 saturated heterocycles. The Morgan fingerprint density at radius 1 is 1.07 bits per heavy atom. The number of piperazine rings is 1. The minimum Gasteiger partial charge on any atom is -0.335 e. The Labute approximate surface area is 182 Å². The molecule has 5 nitrogen and oxygen atoms in total. The summed E-state index contributed by atoms with van der Waals surface area (Å²) in [5.41, 5.74) is 1.52. The fraction of sp³-hybridized carbons (Fsp3) is 0.417. The smallest absolute Gasteiger partial charge is 0.273 e. The molecule has 30 heavy (non-hydrogen) atoms. The van der Waals surface area contributed by atoms with Crippen molar-refractivity contribution in [1.29, 1.82) is 0 Å². The van der Waals surface area contributed by atoms with Crippen LogP contribution in [0.1, 0.15) is 36.7 Å². The molecule has 0 N–H and O–H groups in total. The number of hydrogen-bond acceptors (Lipinski definition) is 3. The highest BCUT2D eigenvalue weighted by molar-refractivity contribution is 6.32. The lowest BCUT2D eigenvalue weighted by Crippen LogP contribution is -2.53. The van der Waals surface area contributed by atoms with Crippen LogP contribution >= 0.6 is 11.6 Å². The molecule has 1 amide bonds. The standard InChI is InChI=1S/C24H27ClN4O/c1-2-29-21(24(30)28-15-13-27(14-16-28)18-9-6-10-18)22(25)26-23(29)20-12-5-8-17-7-3-4-11-19(17)20/h3-5,7-8,11-12,18H,2,6,9-10,13-16H2,1H3. The minimum atomic E-state index is -0.00547. The maximum Gasteiger partial charge on any atom is 0.273 e. The highest BCUT2D eigenvalue weighted by Gasteiger charge is 2.32. The van der Waals surface area contributed by atoms with Gasteiger partial charge in [-0.2, -0.15) is 0 Å². The lowest BCUT2D eigenvalue weighted by atomic mass is 9.91. The summed E-state index contributed by atoms with van der Waals surface area (Å²) in [6, 6.07) is 15.1. The van der Waals surface area contributed by atoms with Crippen LogP contribution in [0.3, 0.4) is 0 Å². The summed E-state index contributed by atoms with van der Waals surface area (Å²) in [6.45, 7) is 6.09. The van der Waals surface area contributed by atoms with Gasteiger partial charge in [-0.3, -0.25) is 9.69 Å². The van der Waals surface area contributed by atoms with Crippen LogP contribution < -0.4 is 0 Å². The Kier molecular flexibility index (Phi) is 5.25. The number of amides is 1. The van der Waals surface area contributed by atoms with Gasteiger partial charge in [0.25, 0.3) is 5.91 Å². The molecule has 0 unspecified atom stereocenters. The predicted molar refractivity (Wildman–Crippen MR) is 121 cm³/mol. The number of imidazole rings is 1. The summed E-state index contributed by atoms with van der Waals surface area (Å²) >= 11 is 6.56. The van der Waals surface area contributed by atoms with E-state index in [2.05, 4.69) is 34.1 Å². The topological polar surface area (TPSA) is 41.4 Å². The van der Waals surface area contributed by atoms with Gasteiger partial charge in [0.1, 0.15) is 11.5 Å². The number of aromatic nitrogens is 2. The van der Waals surface area contributed by atoms with Crippen molar-refractivity contribution in [2.24, 2.45) is 0 Å². The van der Waals surface area contributed by atoms with Crippen molar-refractivity contribution in [3.05, 3.63) is 53.3 Å². The van der Waals surface area contributed by atoms with Gasteiger partial charge in [-0.1, -0.05) is 60.5 Å². The summed E-state index contributed by atoms with van der Waals surface area (Å²) in [6.07, 6.45) is 3.94. The van der Waals surface area contributed by atoms with Crippen LogP contribution in [-0.2, 0) is 6.54 Å². The number of rotatable bonds is 4. The van der Waals surface area contributed by atoms with Crippen LogP contribution in [-0.4, -0.2) is 57.5 Å². The van der Waals surface area contributed by atoms with Crippen molar-refractivity contribution in [3.63, 3.8) is 0 Å². The van der Waals surface area contributed by atoms with E-state index in [4.69, 9.17) is 11.6 Å². The molecule has 1 aliphatic carbocycles. The van der Waals surface area contributed by atoms with E-state index < -0.39 is 0 Å². The number of carbonyl (C=O) groups is 1. The number of benzene rings is 2. The zero-order chi connectivity index (χ0) is 20.7. The molecule has 0 bridgehead atoms. The van der Waals surface area contributed by atoms with Gasteiger partial charge in [0.05, 0.1) is 0 Å². The zero-order valence-electron chi connectivity index (χ0n) is 17.4. The zero-order valence-corrected chi connectivity index (χ0v) is 18.1. The first-order valence-corrected chi connectivity index (χ1v) is 11.3. The van der Waals surface area contributed by atoms with E-state index in [9.17, 15) is 4.79 Å². The van der Waals surface area contributed by atoms with Crippen LogP contribution in [0, 0.1) is 0 Å². The fourth-order valence-electron chi connectivity index (χ4n) is 4.75. The largest absolute Gasteiger partial charge is 0.335 e. The van der Waals surface area contributed by atoms with Crippen molar-refractivity contribution in [2.45, 2.75) is 38.8 Å². The number of halogens is 1. The van der Waals surface area contributed by atoms with Gasteiger partial charge in [-0.25, -0.2) is 4.98 Å². The quantitative estimate of drug-likeness (QED) is 0.612. The molecule has 1 saturated carbocycles. The fourth-order valence-corrected chi connectivity index (χ4v) is 5.02.